The number of nitrogens with zero attached hydrogens (tertiary/aromatic N) is 1. The number of halogens is 2. The molecule has 0 saturated heterocycles. The number of carbonyl (C=O) groups is 1. The first-order chi connectivity index (χ1) is 13.4. The van der Waals surface area contributed by atoms with Gasteiger partial charge >= 0.3 is 5.97 Å². The van der Waals surface area contributed by atoms with Crippen LogP contribution in [-0.2, 0) is 9.63 Å². The molecule has 0 saturated carbocycles. The van der Waals surface area contributed by atoms with Crippen molar-refractivity contribution in [2.45, 2.75) is 12.8 Å². The Labute approximate surface area is 172 Å². The Balaban J connectivity index is 1.81. The second-order valence-corrected chi connectivity index (χ2v) is 6.38. The van der Waals surface area contributed by atoms with Crippen molar-refractivity contribution in [3.05, 3.63) is 52.0 Å². The smallest absolute Gasteiger partial charge is 0.335 e. The summed E-state index contributed by atoms with van der Waals surface area (Å²) in [5.41, 5.74) is 6.38. The van der Waals surface area contributed by atoms with Crippen LogP contribution in [0.15, 0.2) is 41.6 Å². The highest BCUT2D eigenvalue weighted by atomic mass is 35.5. The molecule has 9 heteroatoms. The fourth-order valence-electron chi connectivity index (χ4n) is 2.18. The Morgan fingerprint density at radius 2 is 1.75 bits per heavy atom. The Morgan fingerprint density at radius 1 is 1.04 bits per heavy atom. The molecule has 0 atom stereocenters. The SMILES string of the molecule is COc1ccc(C(N)=NOC(=O)CCCOc2ccc(Cl)cc2Cl)cc1OC. The molecule has 7 nitrogen and oxygen atoms in total. The molecule has 0 amide bonds. The summed E-state index contributed by atoms with van der Waals surface area (Å²) in [4.78, 5) is 16.6. The van der Waals surface area contributed by atoms with Crippen LogP contribution in [0.4, 0.5) is 0 Å². The fraction of sp³-hybridized carbons (Fsp3) is 0.263. The zero-order valence-electron chi connectivity index (χ0n) is 15.4. The van der Waals surface area contributed by atoms with Gasteiger partial charge in [-0.1, -0.05) is 28.4 Å². The molecule has 0 spiro atoms. The molecule has 2 aromatic rings. The van der Waals surface area contributed by atoms with Crippen molar-refractivity contribution < 1.29 is 23.8 Å². The van der Waals surface area contributed by atoms with Gasteiger partial charge in [0.1, 0.15) is 5.75 Å². The lowest BCUT2D eigenvalue weighted by Crippen LogP contribution is -2.15. The molecule has 0 fully saturated rings. The molecule has 150 valence electrons. The van der Waals surface area contributed by atoms with Crippen LogP contribution in [0.5, 0.6) is 17.2 Å². The minimum absolute atomic E-state index is 0.0403. The minimum Gasteiger partial charge on any atom is -0.493 e. The number of oxime groups is 1. The van der Waals surface area contributed by atoms with Crippen LogP contribution in [0.3, 0.4) is 0 Å². The second-order valence-electron chi connectivity index (χ2n) is 5.54. The average Bonchev–Trinajstić information content (AvgIpc) is 2.70. The first-order valence-electron chi connectivity index (χ1n) is 8.28. The van der Waals surface area contributed by atoms with Crippen LogP contribution in [0.1, 0.15) is 18.4 Å². The van der Waals surface area contributed by atoms with Gasteiger partial charge < -0.3 is 24.8 Å². The van der Waals surface area contributed by atoms with Crippen molar-refractivity contribution in [1.29, 1.82) is 0 Å². The number of carbonyl (C=O) groups excluding carboxylic acids is 1. The van der Waals surface area contributed by atoms with Gasteiger partial charge in [0.05, 0.1) is 32.3 Å². The Kier molecular flexibility index (Phi) is 8.22. The summed E-state index contributed by atoms with van der Waals surface area (Å²) in [5, 5.41) is 4.58. The third kappa shape index (κ3) is 6.21. The van der Waals surface area contributed by atoms with E-state index in [1.807, 2.05) is 0 Å². The van der Waals surface area contributed by atoms with E-state index in [0.29, 0.717) is 39.3 Å². The Bertz CT molecular complexity index is 858. The van der Waals surface area contributed by atoms with Gasteiger partial charge in [-0.25, -0.2) is 4.79 Å². The van der Waals surface area contributed by atoms with Gasteiger partial charge in [0.2, 0.25) is 0 Å². The fourth-order valence-corrected chi connectivity index (χ4v) is 2.65. The van der Waals surface area contributed by atoms with Crippen molar-refractivity contribution in [3.63, 3.8) is 0 Å². The number of rotatable bonds is 9. The van der Waals surface area contributed by atoms with Gasteiger partial charge in [0, 0.05) is 10.6 Å². The zero-order valence-corrected chi connectivity index (χ0v) is 16.9. The molecule has 0 aliphatic rings. The lowest BCUT2D eigenvalue weighted by atomic mass is 10.2. The van der Waals surface area contributed by atoms with Crippen LogP contribution >= 0.6 is 23.2 Å². The maximum Gasteiger partial charge on any atom is 0.335 e. The predicted molar refractivity (Wildman–Crippen MR) is 108 cm³/mol. The summed E-state index contributed by atoms with van der Waals surface area (Å²) in [6.07, 6.45) is 0.525. The maximum absolute atomic E-state index is 11.8. The molecule has 0 bridgehead atoms. The molecule has 2 rings (SSSR count). The molecular weight excluding hydrogens is 407 g/mol. The van der Waals surface area contributed by atoms with Crippen molar-refractivity contribution in [2.24, 2.45) is 10.9 Å². The number of hydrogen-bond donors (Lipinski definition) is 1. The van der Waals surface area contributed by atoms with E-state index >= 15 is 0 Å². The average molecular weight is 427 g/mol. The molecule has 0 heterocycles. The van der Waals surface area contributed by atoms with E-state index in [2.05, 4.69) is 5.16 Å². The van der Waals surface area contributed by atoms with Gasteiger partial charge in [-0.15, -0.1) is 0 Å². The van der Waals surface area contributed by atoms with E-state index in [4.69, 9.17) is 48.0 Å². The van der Waals surface area contributed by atoms with Gasteiger partial charge in [0.15, 0.2) is 17.3 Å². The standard InChI is InChI=1S/C19H20Cl2N2O5/c1-25-16-7-5-12(10-17(16)26-2)19(22)23-28-18(24)4-3-9-27-15-8-6-13(20)11-14(15)21/h5-8,10-11H,3-4,9H2,1-2H3,(H2,22,23). The van der Waals surface area contributed by atoms with Crippen LogP contribution < -0.4 is 19.9 Å². The van der Waals surface area contributed by atoms with Crippen LogP contribution in [0.2, 0.25) is 10.0 Å². The summed E-state index contributed by atoms with van der Waals surface area (Å²) >= 11 is 11.8. The maximum atomic E-state index is 11.8. The molecule has 0 unspecified atom stereocenters. The van der Waals surface area contributed by atoms with Gasteiger partial charge in [0.25, 0.3) is 0 Å². The monoisotopic (exact) mass is 426 g/mol. The highest BCUT2D eigenvalue weighted by Gasteiger charge is 2.09. The van der Waals surface area contributed by atoms with Gasteiger partial charge in [-0.05, 0) is 42.8 Å². The second kappa shape index (κ2) is 10.6. The third-order valence-electron chi connectivity index (χ3n) is 3.60. The van der Waals surface area contributed by atoms with Crippen molar-refractivity contribution in [2.75, 3.05) is 20.8 Å². The third-order valence-corrected chi connectivity index (χ3v) is 4.13. The number of nitrogens with two attached hydrogens (primary N) is 1. The first kappa shape index (κ1) is 21.7. The van der Waals surface area contributed by atoms with E-state index in [1.165, 1.54) is 14.2 Å². The van der Waals surface area contributed by atoms with E-state index in [-0.39, 0.29) is 18.9 Å². The first-order valence-corrected chi connectivity index (χ1v) is 9.03. The summed E-state index contributed by atoms with van der Waals surface area (Å²) < 4.78 is 15.8. The lowest BCUT2D eigenvalue weighted by molar-refractivity contribution is -0.143. The van der Waals surface area contributed by atoms with Crippen LogP contribution in [0.25, 0.3) is 0 Å². The highest BCUT2D eigenvalue weighted by Crippen LogP contribution is 2.28. The highest BCUT2D eigenvalue weighted by molar-refractivity contribution is 6.35. The van der Waals surface area contributed by atoms with E-state index in [1.54, 1.807) is 36.4 Å². The van der Waals surface area contributed by atoms with E-state index < -0.39 is 5.97 Å². The number of hydrogen-bond acceptors (Lipinski definition) is 6. The number of benzene rings is 2. The quantitative estimate of drug-likeness (QED) is 0.214. The predicted octanol–water partition coefficient (Wildman–Crippen LogP) is 4.03. The van der Waals surface area contributed by atoms with Gasteiger partial charge in [-0.3, -0.25) is 0 Å². The molecule has 0 aromatic heterocycles. The number of amidine groups is 1. The summed E-state index contributed by atoms with van der Waals surface area (Å²) in [6.45, 7) is 0.283. The molecule has 0 radical (unpaired) electrons. The largest absolute Gasteiger partial charge is 0.493 e. The molecule has 0 aliphatic heterocycles. The van der Waals surface area contributed by atoms with E-state index in [9.17, 15) is 4.79 Å². The molecule has 0 aliphatic carbocycles. The zero-order chi connectivity index (χ0) is 20.5. The van der Waals surface area contributed by atoms with Crippen LogP contribution in [0, 0.1) is 0 Å². The Morgan fingerprint density at radius 3 is 2.43 bits per heavy atom. The van der Waals surface area contributed by atoms with E-state index in [0.717, 1.165) is 0 Å². The normalized spacial score (nSPS) is 11.1. The summed E-state index contributed by atoms with van der Waals surface area (Å²) in [6, 6.07) is 9.91. The molecule has 2 aromatic carbocycles. The van der Waals surface area contributed by atoms with Crippen molar-refractivity contribution in [1.82, 2.24) is 0 Å². The summed E-state index contributed by atoms with van der Waals surface area (Å²) in [5.74, 6) is 1.04. The minimum atomic E-state index is -0.533. The van der Waals surface area contributed by atoms with Crippen LogP contribution in [-0.4, -0.2) is 32.6 Å². The van der Waals surface area contributed by atoms with Crippen molar-refractivity contribution in [3.8, 4) is 17.2 Å². The molecular formula is C19H20Cl2N2O5. The number of ether oxygens (including phenoxy) is 3. The summed E-state index contributed by atoms with van der Waals surface area (Å²) in [7, 11) is 3.04. The topological polar surface area (TPSA) is 92.4 Å². The lowest BCUT2D eigenvalue weighted by Gasteiger charge is -2.09. The molecule has 2 N–H and O–H groups in total. The Hall–Kier alpha value is -2.64. The van der Waals surface area contributed by atoms with Crippen molar-refractivity contribution >= 4 is 35.0 Å². The van der Waals surface area contributed by atoms with Gasteiger partial charge in [-0.2, -0.15) is 0 Å². The number of methoxy groups -OCH3 is 2. The molecule has 28 heavy (non-hydrogen) atoms.